The highest BCUT2D eigenvalue weighted by Gasteiger charge is 2.12. The molecule has 1 N–H and O–H groups in total. The van der Waals surface area contributed by atoms with Crippen LogP contribution in [-0.2, 0) is 4.79 Å². The molecule has 5 nitrogen and oxygen atoms in total. The van der Waals surface area contributed by atoms with Gasteiger partial charge in [-0.05, 0) is 12.1 Å². The van der Waals surface area contributed by atoms with Gasteiger partial charge in [0.05, 0.1) is 11.2 Å². The van der Waals surface area contributed by atoms with E-state index in [0.29, 0.717) is 27.7 Å². The Kier molecular flexibility index (Phi) is 4.07. The Hall–Kier alpha value is -1.72. The Morgan fingerprint density at radius 1 is 1.44 bits per heavy atom. The van der Waals surface area contributed by atoms with Crippen molar-refractivity contribution < 1.29 is 4.79 Å². The second-order valence-corrected chi connectivity index (χ2v) is 4.26. The van der Waals surface area contributed by atoms with E-state index in [2.05, 4.69) is 20.7 Å². The Balaban J connectivity index is 1.97. The fourth-order valence-electron chi connectivity index (χ4n) is 1.25. The van der Waals surface area contributed by atoms with E-state index >= 15 is 0 Å². The quantitative estimate of drug-likeness (QED) is 0.671. The summed E-state index contributed by atoms with van der Waals surface area (Å²) in [6.07, 6.45) is 3.41. The molecule has 0 atom stereocenters. The zero-order chi connectivity index (χ0) is 13.0. The Morgan fingerprint density at radius 3 is 2.94 bits per heavy atom. The maximum absolute atomic E-state index is 11.5. The van der Waals surface area contributed by atoms with Crippen LogP contribution in [0.15, 0.2) is 33.5 Å². The largest absolute Gasteiger partial charge is 0.288 e. The first-order chi connectivity index (χ1) is 8.66. The van der Waals surface area contributed by atoms with Crippen molar-refractivity contribution in [3.63, 3.8) is 0 Å². The molecule has 1 aromatic rings. The van der Waals surface area contributed by atoms with Crippen LogP contribution in [-0.4, -0.2) is 24.0 Å². The topological polar surface area (TPSA) is 66.2 Å². The minimum absolute atomic E-state index is 0.328. The van der Waals surface area contributed by atoms with E-state index in [1.807, 2.05) is 0 Å². The molecule has 0 fully saturated rings. The third-order valence-electron chi connectivity index (χ3n) is 2.14. The molecule has 0 aromatic heterocycles. The molecule has 2 rings (SSSR count). The number of benzene rings is 1. The molecule has 7 heteroatoms. The number of hydrazone groups is 1. The smallest absolute Gasteiger partial charge is 0.266 e. The van der Waals surface area contributed by atoms with Gasteiger partial charge in [0, 0.05) is 23.2 Å². The molecule has 1 amide bonds. The number of hydrogen-bond donors (Lipinski definition) is 1. The highest BCUT2D eigenvalue weighted by molar-refractivity contribution is 6.41. The lowest BCUT2D eigenvalue weighted by Gasteiger charge is -1.99. The van der Waals surface area contributed by atoms with Crippen molar-refractivity contribution in [2.24, 2.45) is 15.3 Å². The van der Waals surface area contributed by atoms with Crippen molar-refractivity contribution in [1.29, 1.82) is 0 Å². The lowest BCUT2D eigenvalue weighted by Crippen LogP contribution is -2.26. The molecule has 1 aromatic carbocycles. The van der Waals surface area contributed by atoms with Gasteiger partial charge in [0.25, 0.3) is 5.91 Å². The van der Waals surface area contributed by atoms with Crippen molar-refractivity contribution in [3.8, 4) is 0 Å². The van der Waals surface area contributed by atoms with Crippen LogP contribution in [0.5, 0.6) is 0 Å². The number of halogens is 2. The van der Waals surface area contributed by atoms with E-state index in [0.717, 1.165) is 0 Å². The predicted octanol–water partition coefficient (Wildman–Crippen LogP) is 2.27. The number of hydrogen-bond acceptors (Lipinski definition) is 4. The van der Waals surface area contributed by atoms with Crippen LogP contribution in [0.4, 0.5) is 0 Å². The summed E-state index contributed by atoms with van der Waals surface area (Å²) in [4.78, 5) is 11.5. The van der Waals surface area contributed by atoms with Crippen molar-refractivity contribution in [1.82, 2.24) is 5.43 Å². The van der Waals surface area contributed by atoms with Gasteiger partial charge in [0.2, 0.25) is 0 Å². The highest BCUT2D eigenvalue weighted by atomic mass is 35.5. The lowest BCUT2D eigenvalue weighted by atomic mass is 10.2. The van der Waals surface area contributed by atoms with Gasteiger partial charge in [-0.15, -0.1) is 5.10 Å². The first-order valence-corrected chi connectivity index (χ1v) is 5.79. The fourth-order valence-corrected chi connectivity index (χ4v) is 1.71. The van der Waals surface area contributed by atoms with Crippen LogP contribution in [0.3, 0.4) is 0 Å². The minimum atomic E-state index is -0.381. The summed E-state index contributed by atoms with van der Waals surface area (Å²) >= 11 is 11.7. The molecule has 0 spiro atoms. The van der Waals surface area contributed by atoms with Gasteiger partial charge in [0.15, 0.2) is 0 Å². The standard InChI is InChI=1S/C11H8Cl2N4O/c12-8-2-1-7(9(13)5-8)6-15-17-11(18)10-3-4-14-16-10/h1-2,4-6H,3H2,(H,17,18)/b15-6-. The maximum Gasteiger partial charge on any atom is 0.288 e. The van der Waals surface area contributed by atoms with Crippen molar-refractivity contribution in [3.05, 3.63) is 33.8 Å². The van der Waals surface area contributed by atoms with Crippen molar-refractivity contribution in [2.45, 2.75) is 6.42 Å². The second-order valence-electron chi connectivity index (χ2n) is 3.41. The summed E-state index contributed by atoms with van der Waals surface area (Å²) in [5.41, 5.74) is 3.33. The molecule has 0 radical (unpaired) electrons. The first kappa shape index (κ1) is 12.7. The fraction of sp³-hybridized carbons (Fsp3) is 0.0909. The summed E-state index contributed by atoms with van der Waals surface area (Å²) in [5, 5.41) is 12.0. The first-order valence-electron chi connectivity index (χ1n) is 5.03. The van der Waals surface area contributed by atoms with Gasteiger partial charge in [-0.3, -0.25) is 4.79 Å². The van der Waals surface area contributed by atoms with E-state index in [1.54, 1.807) is 24.4 Å². The van der Waals surface area contributed by atoms with Crippen LogP contribution < -0.4 is 5.43 Å². The summed E-state index contributed by atoms with van der Waals surface area (Å²) < 4.78 is 0. The molecule has 1 aliphatic heterocycles. The monoisotopic (exact) mass is 282 g/mol. The number of rotatable bonds is 3. The molecule has 0 unspecified atom stereocenters. The van der Waals surface area contributed by atoms with Crippen LogP contribution >= 0.6 is 23.2 Å². The maximum atomic E-state index is 11.5. The molecule has 92 valence electrons. The SMILES string of the molecule is O=C(N/N=C\c1ccc(Cl)cc1Cl)C1=NN=CC1. The predicted molar refractivity (Wildman–Crippen MR) is 72.7 cm³/mol. The molecule has 1 heterocycles. The van der Waals surface area contributed by atoms with Crippen LogP contribution in [0, 0.1) is 0 Å². The van der Waals surface area contributed by atoms with Gasteiger partial charge >= 0.3 is 0 Å². The molecule has 0 aliphatic carbocycles. The second kappa shape index (κ2) is 5.75. The zero-order valence-electron chi connectivity index (χ0n) is 9.10. The minimum Gasteiger partial charge on any atom is -0.266 e. The Labute approximate surface area is 113 Å². The molecule has 0 saturated heterocycles. The van der Waals surface area contributed by atoms with Crippen LogP contribution in [0.1, 0.15) is 12.0 Å². The van der Waals surface area contributed by atoms with Crippen molar-refractivity contribution in [2.75, 3.05) is 0 Å². The van der Waals surface area contributed by atoms with E-state index in [1.165, 1.54) is 6.21 Å². The lowest BCUT2D eigenvalue weighted by molar-refractivity contribution is -0.114. The molecule has 1 aliphatic rings. The van der Waals surface area contributed by atoms with Crippen LogP contribution in [0.25, 0.3) is 0 Å². The number of amides is 1. The molecule has 0 bridgehead atoms. The third kappa shape index (κ3) is 3.15. The van der Waals surface area contributed by atoms with Gasteiger partial charge in [-0.1, -0.05) is 29.3 Å². The average molecular weight is 283 g/mol. The van der Waals surface area contributed by atoms with Gasteiger partial charge in [-0.2, -0.15) is 10.2 Å². The number of nitrogens with zero attached hydrogens (tertiary/aromatic N) is 3. The normalized spacial score (nSPS) is 14.0. The highest BCUT2D eigenvalue weighted by Crippen LogP contribution is 2.19. The zero-order valence-corrected chi connectivity index (χ0v) is 10.6. The van der Waals surface area contributed by atoms with Gasteiger partial charge in [0.1, 0.15) is 5.71 Å². The van der Waals surface area contributed by atoms with E-state index in [-0.39, 0.29) is 5.91 Å². The van der Waals surface area contributed by atoms with Crippen LogP contribution in [0.2, 0.25) is 10.0 Å². The number of carbonyl (C=O) groups is 1. The Bertz CT molecular complexity index is 566. The molecular formula is C11H8Cl2N4O. The summed E-state index contributed by atoms with van der Waals surface area (Å²) in [6.45, 7) is 0. The summed E-state index contributed by atoms with van der Waals surface area (Å²) in [5.74, 6) is -0.381. The number of carbonyl (C=O) groups excluding carboxylic acids is 1. The molecular weight excluding hydrogens is 275 g/mol. The van der Waals surface area contributed by atoms with E-state index in [4.69, 9.17) is 23.2 Å². The van der Waals surface area contributed by atoms with Gasteiger partial charge in [-0.25, -0.2) is 5.43 Å². The van der Waals surface area contributed by atoms with E-state index < -0.39 is 0 Å². The Morgan fingerprint density at radius 2 is 2.28 bits per heavy atom. The van der Waals surface area contributed by atoms with Crippen molar-refractivity contribution >= 4 is 47.2 Å². The molecule has 0 saturated carbocycles. The molecule has 18 heavy (non-hydrogen) atoms. The van der Waals surface area contributed by atoms with Gasteiger partial charge < -0.3 is 0 Å². The summed E-state index contributed by atoms with van der Waals surface area (Å²) in [7, 11) is 0. The van der Waals surface area contributed by atoms with E-state index in [9.17, 15) is 4.79 Å². The summed E-state index contributed by atoms with van der Waals surface area (Å²) in [6, 6.07) is 4.99. The number of nitrogens with one attached hydrogen (secondary N) is 1. The average Bonchev–Trinajstić information content (AvgIpc) is 2.85. The third-order valence-corrected chi connectivity index (χ3v) is 2.70.